The van der Waals surface area contributed by atoms with Crippen LogP contribution in [0, 0.1) is 0 Å². The van der Waals surface area contributed by atoms with Gasteiger partial charge in [-0.25, -0.2) is 4.98 Å². The lowest BCUT2D eigenvalue weighted by atomic mass is 9.85. The normalized spacial score (nSPS) is 13.9. The van der Waals surface area contributed by atoms with E-state index in [2.05, 4.69) is 16.5 Å². The quantitative estimate of drug-likeness (QED) is 0.773. The number of carbonyl (C=O) groups excluding carboxylic acids is 1. The van der Waals surface area contributed by atoms with Crippen LogP contribution in [0.4, 0.5) is 0 Å². The first-order valence-electron chi connectivity index (χ1n) is 6.99. The third-order valence-electron chi connectivity index (χ3n) is 3.59. The molecule has 1 aliphatic rings. The number of fused-ring (bicyclic) bond motifs is 1. The summed E-state index contributed by atoms with van der Waals surface area (Å²) < 4.78 is 5.35. The Morgan fingerprint density at radius 3 is 2.80 bits per heavy atom. The van der Waals surface area contributed by atoms with Crippen molar-refractivity contribution >= 4 is 11.4 Å². The first-order valence-corrected chi connectivity index (χ1v) is 6.99. The highest BCUT2D eigenvalue weighted by Gasteiger charge is 2.22. The summed E-state index contributed by atoms with van der Waals surface area (Å²) in [4.78, 5) is 20.5. The molecule has 0 aliphatic heterocycles. The predicted octanol–water partition coefficient (Wildman–Crippen LogP) is 3.13. The number of allylic oxidation sites excluding steroid dienone is 3. The van der Waals surface area contributed by atoms with E-state index in [4.69, 9.17) is 4.74 Å². The summed E-state index contributed by atoms with van der Waals surface area (Å²) in [5.41, 5.74) is 4.64. The van der Waals surface area contributed by atoms with E-state index in [-0.39, 0.29) is 5.78 Å². The molecule has 20 heavy (non-hydrogen) atoms. The summed E-state index contributed by atoms with van der Waals surface area (Å²) in [6.07, 6.45) is 3.96. The molecule has 0 radical (unpaired) electrons. The summed E-state index contributed by atoms with van der Waals surface area (Å²) in [6.45, 7) is 10.2. The van der Waals surface area contributed by atoms with E-state index in [1.165, 1.54) is 0 Å². The maximum atomic E-state index is 11.8. The molecule has 0 atom stereocenters. The Bertz CT molecular complexity index is 588. The molecule has 106 valence electrons. The van der Waals surface area contributed by atoms with Crippen molar-refractivity contribution in [3.8, 4) is 6.01 Å². The Kier molecular flexibility index (Phi) is 4.32. The Morgan fingerprint density at radius 1 is 1.40 bits per heavy atom. The maximum Gasteiger partial charge on any atom is 0.316 e. The molecule has 0 spiro atoms. The van der Waals surface area contributed by atoms with E-state index in [1.807, 2.05) is 27.0 Å². The van der Waals surface area contributed by atoms with Gasteiger partial charge in [0.2, 0.25) is 0 Å². The van der Waals surface area contributed by atoms with Crippen LogP contribution in [0.15, 0.2) is 23.9 Å². The number of ketones is 1. The van der Waals surface area contributed by atoms with Crippen molar-refractivity contribution < 1.29 is 9.53 Å². The van der Waals surface area contributed by atoms with E-state index >= 15 is 0 Å². The molecular weight excluding hydrogens is 252 g/mol. The van der Waals surface area contributed by atoms with E-state index in [1.54, 1.807) is 0 Å². The minimum Gasteiger partial charge on any atom is -0.464 e. The number of hydrogen-bond donors (Lipinski definition) is 0. The highest BCUT2D eigenvalue weighted by atomic mass is 16.5. The van der Waals surface area contributed by atoms with Gasteiger partial charge in [-0.2, -0.15) is 4.98 Å². The van der Waals surface area contributed by atoms with Gasteiger partial charge in [-0.15, -0.1) is 0 Å². The van der Waals surface area contributed by atoms with Crippen LogP contribution in [0.5, 0.6) is 6.01 Å². The average Bonchev–Trinajstić information content (AvgIpc) is 2.47. The minimum atomic E-state index is 0.0990. The molecule has 1 aliphatic carbocycles. The van der Waals surface area contributed by atoms with Crippen molar-refractivity contribution in [2.75, 3.05) is 6.61 Å². The molecule has 0 amide bonds. The van der Waals surface area contributed by atoms with Gasteiger partial charge in [-0.05, 0) is 43.4 Å². The van der Waals surface area contributed by atoms with Crippen molar-refractivity contribution in [1.29, 1.82) is 0 Å². The van der Waals surface area contributed by atoms with Crippen molar-refractivity contribution in [1.82, 2.24) is 9.97 Å². The first kappa shape index (κ1) is 14.4. The molecule has 1 aromatic heterocycles. The average molecular weight is 272 g/mol. The van der Waals surface area contributed by atoms with Gasteiger partial charge in [0.05, 0.1) is 12.3 Å². The summed E-state index contributed by atoms with van der Waals surface area (Å²) in [5, 5.41) is 0. The molecular formula is C16H20N2O2. The van der Waals surface area contributed by atoms with Crippen LogP contribution in [-0.4, -0.2) is 22.4 Å². The number of aromatic nitrogens is 2. The fraction of sp³-hybridized carbons (Fsp3) is 0.438. The topological polar surface area (TPSA) is 52.1 Å². The third kappa shape index (κ3) is 2.64. The Balaban J connectivity index is 2.42. The second kappa shape index (κ2) is 5.99. The smallest absolute Gasteiger partial charge is 0.316 e. The summed E-state index contributed by atoms with van der Waals surface area (Å²) in [5.74, 6) is 0.0990. The van der Waals surface area contributed by atoms with Crippen LogP contribution in [-0.2, 0) is 11.2 Å². The lowest BCUT2D eigenvalue weighted by Crippen LogP contribution is -2.12. The number of nitrogens with zero attached hydrogens (tertiary/aromatic N) is 2. The lowest BCUT2D eigenvalue weighted by molar-refractivity contribution is -0.115. The molecule has 0 unspecified atom stereocenters. The van der Waals surface area contributed by atoms with Crippen LogP contribution in [0.25, 0.3) is 5.57 Å². The van der Waals surface area contributed by atoms with Gasteiger partial charge >= 0.3 is 6.01 Å². The molecule has 0 fully saturated rings. The maximum absolute atomic E-state index is 11.8. The third-order valence-corrected chi connectivity index (χ3v) is 3.59. The first-order chi connectivity index (χ1) is 9.58. The molecule has 0 saturated carbocycles. The van der Waals surface area contributed by atoms with Gasteiger partial charge in [0.25, 0.3) is 0 Å². The van der Waals surface area contributed by atoms with E-state index in [0.717, 1.165) is 35.2 Å². The van der Waals surface area contributed by atoms with Crippen molar-refractivity contribution in [2.24, 2.45) is 0 Å². The predicted molar refractivity (Wildman–Crippen MR) is 78.6 cm³/mol. The van der Waals surface area contributed by atoms with Gasteiger partial charge in [0.15, 0.2) is 5.78 Å². The summed E-state index contributed by atoms with van der Waals surface area (Å²) in [7, 11) is 0. The summed E-state index contributed by atoms with van der Waals surface area (Å²) in [6, 6.07) is 0.388. The van der Waals surface area contributed by atoms with Gasteiger partial charge < -0.3 is 4.74 Å². The number of aryl methyl sites for hydroxylation is 1. The van der Waals surface area contributed by atoms with Crippen LogP contribution < -0.4 is 4.74 Å². The number of ether oxygens (including phenoxy) is 1. The standard InChI is InChI=1S/C16H20N2O2/c1-5-14(19)10(3)13-8-7-12-9-17-16(20-6-2)18-15(12)11(13)4/h9H,3,5-8H2,1-2,4H3. The van der Waals surface area contributed by atoms with E-state index in [9.17, 15) is 4.79 Å². The molecule has 4 heteroatoms. The van der Waals surface area contributed by atoms with Crippen LogP contribution >= 0.6 is 0 Å². The molecule has 1 aromatic rings. The van der Waals surface area contributed by atoms with Crippen LogP contribution in [0.3, 0.4) is 0 Å². The van der Waals surface area contributed by atoms with Crippen LogP contribution in [0.1, 0.15) is 44.9 Å². The van der Waals surface area contributed by atoms with E-state index < -0.39 is 0 Å². The SMILES string of the molecule is C=C(C(=O)CC)C1=C(C)c2nc(OCC)ncc2CC1. The molecule has 0 N–H and O–H groups in total. The van der Waals surface area contributed by atoms with Crippen molar-refractivity contribution in [2.45, 2.75) is 40.0 Å². The monoisotopic (exact) mass is 272 g/mol. The van der Waals surface area contributed by atoms with Gasteiger partial charge in [0.1, 0.15) is 0 Å². The molecule has 1 heterocycles. The molecule has 0 bridgehead atoms. The number of rotatable bonds is 5. The van der Waals surface area contributed by atoms with Gasteiger partial charge in [-0.1, -0.05) is 13.5 Å². The van der Waals surface area contributed by atoms with Gasteiger partial charge in [0, 0.05) is 18.2 Å². The zero-order valence-electron chi connectivity index (χ0n) is 12.3. The molecule has 4 nitrogen and oxygen atoms in total. The zero-order chi connectivity index (χ0) is 14.7. The number of hydrogen-bond acceptors (Lipinski definition) is 4. The van der Waals surface area contributed by atoms with Gasteiger partial charge in [-0.3, -0.25) is 4.79 Å². The molecule has 2 rings (SSSR count). The number of carbonyl (C=O) groups is 1. The lowest BCUT2D eigenvalue weighted by Gasteiger charge is -2.21. The van der Waals surface area contributed by atoms with E-state index in [0.29, 0.717) is 24.6 Å². The van der Waals surface area contributed by atoms with Crippen molar-refractivity contribution in [3.05, 3.63) is 35.2 Å². The van der Waals surface area contributed by atoms with Crippen molar-refractivity contribution in [3.63, 3.8) is 0 Å². The Hall–Kier alpha value is -1.97. The highest BCUT2D eigenvalue weighted by molar-refractivity contribution is 6.01. The largest absolute Gasteiger partial charge is 0.464 e. The Morgan fingerprint density at radius 2 is 2.15 bits per heavy atom. The zero-order valence-corrected chi connectivity index (χ0v) is 12.3. The Labute approximate surface area is 119 Å². The summed E-state index contributed by atoms with van der Waals surface area (Å²) >= 11 is 0. The second-order valence-electron chi connectivity index (χ2n) is 4.82. The van der Waals surface area contributed by atoms with Crippen LogP contribution in [0.2, 0.25) is 0 Å². The molecule has 0 aromatic carbocycles. The number of Topliss-reactive ketones (excluding diaryl/α,β-unsaturated/α-hetero) is 1. The minimum absolute atomic E-state index is 0.0990. The fourth-order valence-electron chi connectivity index (χ4n) is 2.45. The fourth-order valence-corrected chi connectivity index (χ4v) is 2.45. The molecule has 0 saturated heterocycles. The highest BCUT2D eigenvalue weighted by Crippen LogP contribution is 2.33. The second-order valence-corrected chi connectivity index (χ2v) is 4.82.